The number of carbonyl (C=O) groups is 4. The largest absolute Gasteiger partial charge is 0.481 e. The summed E-state index contributed by atoms with van der Waals surface area (Å²) < 4.78 is 0. The molecule has 0 saturated carbocycles. The fraction of sp³-hybridized carbons (Fsp3) is 0.526. The Morgan fingerprint density at radius 2 is 1.67 bits per heavy atom. The highest BCUT2D eigenvalue weighted by molar-refractivity contribution is 5.83. The molecule has 0 amide bonds. The molecule has 3 unspecified atom stereocenters. The number of aromatic nitrogens is 1. The number of pyridine rings is 1. The van der Waals surface area contributed by atoms with E-state index >= 15 is 0 Å². The predicted molar refractivity (Wildman–Crippen MR) is 104 cm³/mol. The maximum atomic E-state index is 10.1. The Morgan fingerprint density at radius 3 is 1.97 bits per heavy atom. The van der Waals surface area contributed by atoms with E-state index in [2.05, 4.69) is 23.0 Å². The molecule has 11 heteroatoms. The second kappa shape index (κ2) is 14.1. The molecular weight excluding hydrogens is 400 g/mol. The summed E-state index contributed by atoms with van der Waals surface area (Å²) in [6, 6.07) is 4.79. The molecule has 1 aromatic rings. The normalized spacial score (nSPS) is 17.4. The van der Waals surface area contributed by atoms with Crippen LogP contribution < -0.4 is 0 Å². The van der Waals surface area contributed by atoms with Gasteiger partial charge in [0.1, 0.15) is 5.78 Å². The number of rotatable bonds is 7. The maximum absolute atomic E-state index is 10.1. The van der Waals surface area contributed by atoms with Gasteiger partial charge < -0.3 is 30.3 Å². The van der Waals surface area contributed by atoms with E-state index in [1.54, 1.807) is 0 Å². The molecule has 0 spiro atoms. The summed E-state index contributed by atoms with van der Waals surface area (Å²) in [4.78, 5) is 45.9. The number of ketones is 1. The van der Waals surface area contributed by atoms with E-state index in [1.807, 2.05) is 18.5 Å². The standard InChI is InChI=1S/C10H14N2.C5H8O3.C4H6O6/c1-12-7-3-5-10(12)9-4-2-6-11-8-9;1-4(6)2-3-5(7)8;5-1(3(7)8)2(6)4(9)10/h2,4,6,8,10H,3,5,7H2,1H3;2-3H2,1H3,(H,7,8);1-2,5-6H,(H,7,8)(H,9,10). The van der Waals surface area contributed by atoms with Gasteiger partial charge in [-0.2, -0.15) is 0 Å². The highest BCUT2D eigenvalue weighted by Gasteiger charge is 2.29. The molecule has 2 heterocycles. The van der Waals surface area contributed by atoms with Gasteiger partial charge in [0, 0.05) is 24.9 Å². The Hall–Kier alpha value is -2.89. The number of aliphatic hydroxyl groups excluding tert-OH is 2. The van der Waals surface area contributed by atoms with Gasteiger partial charge in [-0.25, -0.2) is 9.59 Å². The number of carboxylic acids is 3. The quantitative estimate of drug-likeness (QED) is 0.398. The molecule has 0 aliphatic carbocycles. The lowest BCUT2D eigenvalue weighted by Crippen LogP contribution is -2.39. The number of Topliss-reactive ketones (excluding diaryl/α,β-unsaturated/α-hetero) is 1. The van der Waals surface area contributed by atoms with E-state index in [0.717, 1.165) is 0 Å². The van der Waals surface area contributed by atoms with Gasteiger partial charge in [0.25, 0.3) is 0 Å². The van der Waals surface area contributed by atoms with Crippen LogP contribution in [-0.4, -0.2) is 84.9 Å². The second-order valence-corrected chi connectivity index (χ2v) is 6.59. The van der Waals surface area contributed by atoms with Crippen LogP contribution in [-0.2, 0) is 19.2 Å². The molecule has 1 aliphatic heterocycles. The highest BCUT2D eigenvalue weighted by Crippen LogP contribution is 2.29. The number of hydrogen-bond acceptors (Lipinski definition) is 8. The number of carbonyl (C=O) groups excluding carboxylic acids is 1. The topological polar surface area (TPSA) is 186 Å². The molecule has 0 radical (unpaired) electrons. The number of aliphatic carboxylic acids is 3. The van der Waals surface area contributed by atoms with Crippen molar-refractivity contribution in [1.29, 1.82) is 0 Å². The maximum Gasteiger partial charge on any atom is 0.335 e. The molecule has 1 aliphatic rings. The third-order valence-electron chi connectivity index (χ3n) is 4.09. The molecule has 1 aromatic heterocycles. The molecule has 1 saturated heterocycles. The van der Waals surface area contributed by atoms with Gasteiger partial charge in [-0.3, -0.25) is 14.7 Å². The van der Waals surface area contributed by atoms with Crippen molar-refractivity contribution in [1.82, 2.24) is 9.88 Å². The smallest absolute Gasteiger partial charge is 0.335 e. The van der Waals surface area contributed by atoms with Crippen molar-refractivity contribution >= 4 is 23.7 Å². The average Bonchev–Trinajstić information content (AvgIpc) is 3.12. The zero-order chi connectivity index (χ0) is 23.3. The third kappa shape index (κ3) is 11.2. The number of carboxylic acid groups (broad SMARTS) is 3. The highest BCUT2D eigenvalue weighted by atomic mass is 16.4. The van der Waals surface area contributed by atoms with E-state index < -0.39 is 30.1 Å². The van der Waals surface area contributed by atoms with E-state index in [1.165, 1.54) is 31.9 Å². The molecule has 168 valence electrons. The zero-order valence-electron chi connectivity index (χ0n) is 16.8. The molecule has 0 aromatic carbocycles. The lowest BCUT2D eigenvalue weighted by Gasteiger charge is -2.18. The molecule has 2 rings (SSSR count). The van der Waals surface area contributed by atoms with Gasteiger partial charge in [-0.15, -0.1) is 0 Å². The summed E-state index contributed by atoms with van der Waals surface area (Å²) in [6.07, 6.45) is 1.98. The van der Waals surface area contributed by atoms with Gasteiger partial charge in [0.05, 0.1) is 6.42 Å². The third-order valence-corrected chi connectivity index (χ3v) is 4.09. The minimum absolute atomic E-state index is 0.0463. The molecule has 0 bridgehead atoms. The fourth-order valence-electron chi connectivity index (χ4n) is 2.46. The summed E-state index contributed by atoms with van der Waals surface area (Å²) in [5.74, 6) is -4.53. The lowest BCUT2D eigenvalue weighted by atomic mass is 10.1. The van der Waals surface area contributed by atoms with E-state index in [4.69, 9.17) is 25.5 Å². The zero-order valence-corrected chi connectivity index (χ0v) is 16.8. The Bertz CT molecular complexity index is 665. The van der Waals surface area contributed by atoms with E-state index in [-0.39, 0.29) is 18.6 Å². The van der Waals surface area contributed by atoms with Crippen molar-refractivity contribution in [2.45, 2.75) is 50.9 Å². The van der Waals surface area contributed by atoms with Crippen LogP contribution in [0.25, 0.3) is 0 Å². The van der Waals surface area contributed by atoms with E-state index in [0.29, 0.717) is 6.04 Å². The van der Waals surface area contributed by atoms with Crippen LogP contribution in [0.2, 0.25) is 0 Å². The van der Waals surface area contributed by atoms with Crippen LogP contribution in [0.3, 0.4) is 0 Å². The number of nitrogens with zero attached hydrogens (tertiary/aromatic N) is 2. The fourth-order valence-corrected chi connectivity index (χ4v) is 2.46. The van der Waals surface area contributed by atoms with Crippen molar-refractivity contribution < 1.29 is 44.7 Å². The lowest BCUT2D eigenvalue weighted by molar-refractivity contribution is -0.165. The number of hydrogen-bond donors (Lipinski definition) is 5. The van der Waals surface area contributed by atoms with Crippen LogP contribution in [0.15, 0.2) is 24.5 Å². The Balaban J connectivity index is 0.000000432. The monoisotopic (exact) mass is 428 g/mol. The summed E-state index contributed by atoms with van der Waals surface area (Å²) in [6.45, 7) is 2.60. The first-order chi connectivity index (χ1) is 14.0. The predicted octanol–water partition coefficient (Wildman–Crippen LogP) is 0.166. The van der Waals surface area contributed by atoms with Crippen LogP contribution >= 0.6 is 0 Å². The summed E-state index contributed by atoms with van der Waals surface area (Å²) in [5.41, 5.74) is 1.36. The second-order valence-electron chi connectivity index (χ2n) is 6.59. The first kappa shape index (κ1) is 27.1. The van der Waals surface area contributed by atoms with Crippen LogP contribution in [0.4, 0.5) is 0 Å². The molecule has 11 nitrogen and oxygen atoms in total. The van der Waals surface area contributed by atoms with Crippen LogP contribution in [0.1, 0.15) is 44.2 Å². The van der Waals surface area contributed by atoms with Crippen molar-refractivity contribution in [3.05, 3.63) is 30.1 Å². The average molecular weight is 428 g/mol. The number of aliphatic hydroxyl groups is 2. The Kier molecular flexibility index (Phi) is 12.8. The summed E-state index contributed by atoms with van der Waals surface area (Å²) in [5, 5.41) is 40.5. The molecule has 3 atom stereocenters. The Labute approximate surface area is 173 Å². The summed E-state index contributed by atoms with van der Waals surface area (Å²) in [7, 11) is 2.19. The van der Waals surface area contributed by atoms with Gasteiger partial charge in [-0.05, 0) is 45.0 Å². The SMILES string of the molecule is CC(=O)CCC(=O)O.CN1CCCC1c1cccnc1.O=C(O)C(O)C(O)C(=O)O. The van der Waals surface area contributed by atoms with Gasteiger partial charge in [-0.1, -0.05) is 6.07 Å². The van der Waals surface area contributed by atoms with Gasteiger partial charge in [0.15, 0.2) is 12.2 Å². The van der Waals surface area contributed by atoms with Crippen molar-refractivity contribution in [3.8, 4) is 0 Å². The molecular formula is C19H28N2O9. The first-order valence-corrected chi connectivity index (χ1v) is 9.10. The minimum Gasteiger partial charge on any atom is -0.481 e. The molecule has 1 fully saturated rings. The van der Waals surface area contributed by atoms with Crippen molar-refractivity contribution in [3.63, 3.8) is 0 Å². The van der Waals surface area contributed by atoms with Crippen LogP contribution in [0, 0.1) is 0 Å². The van der Waals surface area contributed by atoms with E-state index in [9.17, 15) is 19.2 Å². The van der Waals surface area contributed by atoms with Gasteiger partial charge >= 0.3 is 17.9 Å². The Morgan fingerprint density at radius 1 is 1.10 bits per heavy atom. The van der Waals surface area contributed by atoms with Gasteiger partial charge in [0.2, 0.25) is 0 Å². The number of likely N-dealkylation sites (tertiary alicyclic amines) is 1. The minimum atomic E-state index is -2.27. The van der Waals surface area contributed by atoms with Crippen molar-refractivity contribution in [2.75, 3.05) is 13.6 Å². The molecule has 5 N–H and O–H groups in total. The van der Waals surface area contributed by atoms with Crippen LogP contribution in [0.5, 0.6) is 0 Å². The first-order valence-electron chi connectivity index (χ1n) is 9.10. The molecule has 30 heavy (non-hydrogen) atoms. The summed E-state index contributed by atoms with van der Waals surface area (Å²) >= 11 is 0. The van der Waals surface area contributed by atoms with Crippen molar-refractivity contribution in [2.24, 2.45) is 0 Å².